The minimum atomic E-state index is -0.837. The predicted molar refractivity (Wildman–Crippen MR) is 52.8 cm³/mol. The van der Waals surface area contributed by atoms with Crippen LogP contribution in [0.25, 0.3) is 0 Å². The maximum atomic E-state index is 11.8. The first-order valence-electron chi connectivity index (χ1n) is 5.26. The topological polar surface area (TPSA) is 43.4 Å². The zero-order valence-corrected chi connectivity index (χ0v) is 9.13. The van der Waals surface area contributed by atoms with Gasteiger partial charge in [-0.05, 0) is 25.7 Å². The summed E-state index contributed by atoms with van der Waals surface area (Å²) in [6, 6.07) is 0. The third kappa shape index (κ3) is 1.56. The molecule has 1 rings (SSSR count). The van der Waals surface area contributed by atoms with Gasteiger partial charge in [0, 0.05) is 6.42 Å². The Kier molecular flexibility index (Phi) is 3.29. The zero-order valence-electron chi connectivity index (χ0n) is 9.13. The zero-order chi connectivity index (χ0) is 10.8. The number of rotatable bonds is 3. The molecule has 1 fully saturated rings. The molecular weight excluding hydrogens is 180 g/mol. The van der Waals surface area contributed by atoms with Crippen molar-refractivity contribution in [1.29, 1.82) is 0 Å². The van der Waals surface area contributed by atoms with Crippen molar-refractivity contribution in [3.8, 4) is 0 Å². The van der Waals surface area contributed by atoms with Crippen LogP contribution >= 0.6 is 0 Å². The average Bonchev–Trinajstić information content (AvgIpc) is 2.48. The first kappa shape index (κ1) is 11.2. The van der Waals surface area contributed by atoms with Gasteiger partial charge in [-0.1, -0.05) is 13.8 Å². The van der Waals surface area contributed by atoms with E-state index in [0.29, 0.717) is 19.4 Å². The Morgan fingerprint density at radius 2 is 2.21 bits per heavy atom. The number of ketones is 1. The van der Waals surface area contributed by atoms with E-state index in [1.807, 2.05) is 13.8 Å². The maximum Gasteiger partial charge on any atom is 0.319 e. The fraction of sp³-hybridized carbons (Fsp3) is 0.818. The van der Waals surface area contributed by atoms with Gasteiger partial charge in [0.25, 0.3) is 0 Å². The molecule has 14 heavy (non-hydrogen) atoms. The number of hydrogen-bond donors (Lipinski definition) is 0. The van der Waals surface area contributed by atoms with Gasteiger partial charge in [-0.3, -0.25) is 9.59 Å². The number of carbonyl (C=O) groups excluding carboxylic acids is 2. The normalized spacial score (nSPS) is 27.0. The van der Waals surface area contributed by atoms with Crippen LogP contribution in [0.2, 0.25) is 0 Å². The van der Waals surface area contributed by atoms with Crippen LogP contribution in [0.3, 0.4) is 0 Å². The Morgan fingerprint density at radius 3 is 2.57 bits per heavy atom. The van der Waals surface area contributed by atoms with E-state index in [9.17, 15) is 9.59 Å². The second-order valence-corrected chi connectivity index (χ2v) is 4.12. The monoisotopic (exact) mass is 198 g/mol. The van der Waals surface area contributed by atoms with Crippen LogP contribution in [0.1, 0.15) is 40.0 Å². The van der Waals surface area contributed by atoms with Gasteiger partial charge >= 0.3 is 5.97 Å². The van der Waals surface area contributed by atoms with E-state index in [1.54, 1.807) is 6.92 Å². The van der Waals surface area contributed by atoms with Crippen molar-refractivity contribution in [2.75, 3.05) is 6.61 Å². The van der Waals surface area contributed by atoms with Crippen LogP contribution in [-0.2, 0) is 14.3 Å². The van der Waals surface area contributed by atoms with Gasteiger partial charge in [-0.15, -0.1) is 0 Å². The summed E-state index contributed by atoms with van der Waals surface area (Å²) in [7, 11) is 0. The molecule has 0 aromatic rings. The van der Waals surface area contributed by atoms with Gasteiger partial charge in [0.2, 0.25) is 0 Å². The number of hydrogen-bond acceptors (Lipinski definition) is 3. The van der Waals surface area contributed by atoms with Gasteiger partial charge in [-0.25, -0.2) is 0 Å². The molecule has 0 unspecified atom stereocenters. The van der Waals surface area contributed by atoms with Crippen LogP contribution in [0.15, 0.2) is 0 Å². The highest BCUT2D eigenvalue weighted by Crippen LogP contribution is 2.42. The fourth-order valence-electron chi connectivity index (χ4n) is 2.21. The number of esters is 1. The summed E-state index contributed by atoms with van der Waals surface area (Å²) in [5, 5.41) is 0. The highest BCUT2D eigenvalue weighted by molar-refractivity contribution is 6.05. The van der Waals surface area contributed by atoms with Crippen molar-refractivity contribution in [2.24, 2.45) is 11.3 Å². The third-order valence-corrected chi connectivity index (χ3v) is 3.10. The van der Waals surface area contributed by atoms with Crippen molar-refractivity contribution in [3.63, 3.8) is 0 Å². The second-order valence-electron chi connectivity index (χ2n) is 4.12. The van der Waals surface area contributed by atoms with Gasteiger partial charge in [0.05, 0.1) is 6.61 Å². The van der Waals surface area contributed by atoms with E-state index in [-0.39, 0.29) is 17.7 Å². The smallest absolute Gasteiger partial charge is 0.319 e. The van der Waals surface area contributed by atoms with Gasteiger partial charge in [0.1, 0.15) is 11.2 Å². The van der Waals surface area contributed by atoms with Crippen LogP contribution in [0, 0.1) is 11.3 Å². The number of carbonyl (C=O) groups is 2. The molecule has 0 aliphatic heterocycles. The highest BCUT2D eigenvalue weighted by Gasteiger charge is 2.51. The van der Waals surface area contributed by atoms with E-state index < -0.39 is 5.41 Å². The Bertz CT molecular complexity index is 245. The van der Waals surface area contributed by atoms with E-state index in [4.69, 9.17) is 4.74 Å². The highest BCUT2D eigenvalue weighted by atomic mass is 16.5. The summed E-state index contributed by atoms with van der Waals surface area (Å²) in [6.45, 7) is 5.95. The van der Waals surface area contributed by atoms with Crippen molar-refractivity contribution in [2.45, 2.75) is 40.0 Å². The molecule has 0 aromatic carbocycles. The molecule has 0 spiro atoms. The lowest BCUT2D eigenvalue weighted by Crippen LogP contribution is -2.41. The Labute approximate surface area is 84.8 Å². The van der Waals surface area contributed by atoms with E-state index in [2.05, 4.69) is 0 Å². The van der Waals surface area contributed by atoms with Gasteiger partial charge < -0.3 is 4.74 Å². The summed E-state index contributed by atoms with van der Waals surface area (Å²) in [5.74, 6) is -0.222. The largest absolute Gasteiger partial charge is 0.465 e. The molecule has 0 aromatic heterocycles. The lowest BCUT2D eigenvalue weighted by molar-refractivity contribution is -0.161. The summed E-state index contributed by atoms with van der Waals surface area (Å²) in [6.07, 6.45) is 2.00. The van der Waals surface area contributed by atoms with E-state index >= 15 is 0 Å². The Hall–Kier alpha value is -0.860. The van der Waals surface area contributed by atoms with Crippen molar-refractivity contribution >= 4 is 11.8 Å². The quantitative estimate of drug-likeness (QED) is 0.514. The molecule has 3 heteroatoms. The first-order chi connectivity index (χ1) is 6.55. The van der Waals surface area contributed by atoms with Crippen molar-refractivity contribution in [3.05, 3.63) is 0 Å². The van der Waals surface area contributed by atoms with Gasteiger partial charge in [0.15, 0.2) is 0 Å². The average molecular weight is 198 g/mol. The van der Waals surface area contributed by atoms with E-state index in [1.165, 1.54) is 0 Å². The van der Waals surface area contributed by atoms with Crippen LogP contribution in [0.5, 0.6) is 0 Å². The number of ether oxygens (including phenoxy) is 1. The molecule has 1 atom stereocenters. The molecule has 0 saturated heterocycles. The summed E-state index contributed by atoms with van der Waals surface area (Å²) in [5.41, 5.74) is -0.837. The summed E-state index contributed by atoms with van der Waals surface area (Å²) in [4.78, 5) is 23.5. The van der Waals surface area contributed by atoms with Crippen LogP contribution < -0.4 is 0 Å². The minimum absolute atomic E-state index is 0.0385. The molecule has 1 aliphatic carbocycles. The first-order valence-corrected chi connectivity index (χ1v) is 5.26. The molecule has 0 radical (unpaired) electrons. The molecular formula is C11H18O3. The molecule has 1 saturated carbocycles. The van der Waals surface area contributed by atoms with E-state index in [0.717, 1.165) is 6.42 Å². The maximum absolute atomic E-state index is 11.8. The molecule has 0 bridgehead atoms. The predicted octanol–water partition coefficient (Wildman–Crippen LogP) is 1.94. The Morgan fingerprint density at radius 1 is 1.57 bits per heavy atom. The SMILES string of the molecule is CCOC(=O)[C@@]1(C(C)C)CCCC1=O. The molecule has 1 aliphatic rings. The van der Waals surface area contributed by atoms with Crippen LogP contribution in [0.4, 0.5) is 0 Å². The molecule has 3 nitrogen and oxygen atoms in total. The Balaban J connectivity index is 2.92. The van der Waals surface area contributed by atoms with Gasteiger partial charge in [-0.2, -0.15) is 0 Å². The van der Waals surface area contributed by atoms with Crippen molar-refractivity contribution in [1.82, 2.24) is 0 Å². The third-order valence-electron chi connectivity index (χ3n) is 3.10. The lowest BCUT2D eigenvalue weighted by atomic mass is 9.75. The summed E-state index contributed by atoms with van der Waals surface area (Å²) >= 11 is 0. The molecule has 0 heterocycles. The minimum Gasteiger partial charge on any atom is -0.465 e. The number of Topliss-reactive ketones (excluding diaryl/α,β-unsaturated/α-hetero) is 1. The second kappa shape index (κ2) is 4.11. The van der Waals surface area contributed by atoms with Crippen molar-refractivity contribution < 1.29 is 14.3 Å². The molecule has 0 N–H and O–H groups in total. The lowest BCUT2D eigenvalue weighted by Gasteiger charge is -2.28. The van der Waals surface area contributed by atoms with Crippen LogP contribution in [-0.4, -0.2) is 18.4 Å². The molecule has 80 valence electrons. The summed E-state index contributed by atoms with van der Waals surface area (Å²) < 4.78 is 5.00. The fourth-order valence-corrected chi connectivity index (χ4v) is 2.21. The molecule has 0 amide bonds. The standard InChI is InChI=1S/C11H18O3/c1-4-14-10(13)11(8(2)3)7-5-6-9(11)12/h8H,4-7H2,1-3H3/t11-/m1/s1.